The van der Waals surface area contributed by atoms with Gasteiger partial charge < -0.3 is 29.2 Å². The van der Waals surface area contributed by atoms with Crippen molar-refractivity contribution < 1.29 is 23.6 Å². The second kappa shape index (κ2) is 11.5. The highest BCUT2D eigenvalue weighted by molar-refractivity contribution is 6.62. The van der Waals surface area contributed by atoms with E-state index in [0.29, 0.717) is 36.1 Å². The molecule has 1 aromatic heterocycles. The van der Waals surface area contributed by atoms with E-state index < -0.39 is 24.4 Å². The number of aromatic nitrogens is 2. The number of hydrogen-bond acceptors (Lipinski definition) is 7. The van der Waals surface area contributed by atoms with Gasteiger partial charge in [-0.05, 0) is 63.5 Å². The Labute approximate surface area is 225 Å². The summed E-state index contributed by atoms with van der Waals surface area (Å²) in [4.78, 5) is 46.9. The summed E-state index contributed by atoms with van der Waals surface area (Å²) in [6, 6.07) is 4.42. The van der Waals surface area contributed by atoms with Crippen LogP contribution in [0.3, 0.4) is 0 Å². The van der Waals surface area contributed by atoms with Gasteiger partial charge in [0, 0.05) is 20.8 Å². The Morgan fingerprint density at radius 2 is 1.84 bits per heavy atom. The van der Waals surface area contributed by atoms with Crippen LogP contribution >= 0.6 is 0 Å². The monoisotopic (exact) mass is 528 g/mol. The predicted molar refractivity (Wildman–Crippen MR) is 147 cm³/mol. The van der Waals surface area contributed by atoms with Gasteiger partial charge in [0.05, 0.1) is 28.1 Å². The lowest BCUT2D eigenvalue weighted by atomic mass is 9.78. The molecule has 4 rings (SSSR count). The number of benzene rings is 1. The average Bonchev–Trinajstić information content (AvgIpc) is 3.32. The highest BCUT2D eigenvalue weighted by Gasteiger charge is 2.51. The number of carbonyl (C=O) groups excluding carboxylic acids is 2. The normalized spacial score (nSPS) is 22.8. The van der Waals surface area contributed by atoms with Crippen molar-refractivity contribution in [1.29, 1.82) is 0 Å². The number of aromatic amines is 1. The Hall–Kier alpha value is -2.76. The first-order chi connectivity index (χ1) is 17.8. The van der Waals surface area contributed by atoms with E-state index >= 15 is 0 Å². The molecule has 1 aromatic carbocycles. The van der Waals surface area contributed by atoms with Crippen molar-refractivity contribution >= 4 is 35.8 Å². The third-order valence-corrected chi connectivity index (χ3v) is 7.56. The first-order valence-electron chi connectivity index (χ1n) is 13.1. The van der Waals surface area contributed by atoms with E-state index in [2.05, 4.69) is 22.0 Å². The van der Waals surface area contributed by atoms with Crippen LogP contribution in [0.5, 0.6) is 0 Å². The number of fused-ring (bicyclic) bond motifs is 1. The van der Waals surface area contributed by atoms with E-state index in [1.54, 1.807) is 31.3 Å². The molecule has 2 saturated heterocycles. The summed E-state index contributed by atoms with van der Waals surface area (Å²) in [5, 5.41) is 3.08. The van der Waals surface area contributed by atoms with Crippen molar-refractivity contribution in [3.05, 3.63) is 34.4 Å². The van der Waals surface area contributed by atoms with Crippen molar-refractivity contribution in [2.24, 2.45) is 11.8 Å². The van der Waals surface area contributed by atoms with Gasteiger partial charge in [0.1, 0.15) is 11.9 Å². The third-order valence-electron chi connectivity index (χ3n) is 7.56. The Kier molecular flexibility index (Phi) is 9.06. The molecule has 11 heteroatoms. The van der Waals surface area contributed by atoms with Crippen molar-refractivity contribution in [3.63, 3.8) is 0 Å². The molecule has 3 unspecified atom stereocenters. The smallest absolute Gasteiger partial charge is 0.399 e. The lowest BCUT2D eigenvalue weighted by Crippen LogP contribution is -2.49. The van der Waals surface area contributed by atoms with Crippen molar-refractivity contribution in [2.75, 3.05) is 20.8 Å². The molecule has 0 aliphatic carbocycles. The molecule has 10 nitrogen and oxygen atoms in total. The maximum Gasteiger partial charge on any atom is 0.494 e. The van der Waals surface area contributed by atoms with E-state index in [1.165, 1.54) is 0 Å². The molecule has 38 heavy (non-hydrogen) atoms. The van der Waals surface area contributed by atoms with Crippen LogP contribution in [0.15, 0.2) is 23.0 Å². The summed E-state index contributed by atoms with van der Waals surface area (Å²) in [5.74, 6) is 0.457. The number of amides is 2. The molecule has 0 saturated carbocycles. The lowest BCUT2D eigenvalue weighted by Gasteiger charge is -2.32. The predicted octanol–water partition coefficient (Wildman–Crippen LogP) is 2.17. The largest absolute Gasteiger partial charge is 0.494 e. The lowest BCUT2D eigenvalue weighted by molar-refractivity contribution is -0.137. The van der Waals surface area contributed by atoms with E-state index in [-0.39, 0.29) is 29.3 Å². The number of H-pyrrole nitrogens is 1. The Morgan fingerprint density at radius 3 is 2.39 bits per heavy atom. The standard InChI is InChI=1S/C25H35BN4O5.C2H6O/c1-14(2)20(27-13-31)23(33)30-12-15(3)10-19(30)21-28-18-9-8-16(11-17(18)22(32)29-21)26-34-24(4,5)25(6,7)35-26;1-3-2/h8-9,11,13-15,19-20H,10,12H2,1-7H3,(H,27,31)(H,28,29,32);1-2H3. The zero-order valence-electron chi connectivity index (χ0n) is 24.0. The fraction of sp³-hybridized carbons (Fsp3) is 0.630. The number of rotatable bonds is 6. The van der Waals surface area contributed by atoms with Crippen LogP contribution in [0.1, 0.15) is 66.8 Å². The van der Waals surface area contributed by atoms with Gasteiger partial charge in [-0.3, -0.25) is 14.4 Å². The Balaban J connectivity index is 0.00000127. The van der Waals surface area contributed by atoms with Crippen molar-refractivity contribution in [3.8, 4) is 0 Å². The fourth-order valence-corrected chi connectivity index (χ4v) is 4.81. The number of carbonyl (C=O) groups is 2. The quantitative estimate of drug-likeness (QED) is 0.435. The molecule has 2 aliphatic heterocycles. The van der Waals surface area contributed by atoms with Crippen LogP contribution in [0, 0.1) is 11.8 Å². The summed E-state index contributed by atoms with van der Waals surface area (Å²) in [7, 11) is 2.67. The van der Waals surface area contributed by atoms with Gasteiger partial charge in [0.25, 0.3) is 5.56 Å². The number of ether oxygens (including phenoxy) is 1. The topological polar surface area (TPSA) is 123 Å². The highest BCUT2D eigenvalue weighted by Crippen LogP contribution is 2.37. The first kappa shape index (κ1) is 29.8. The summed E-state index contributed by atoms with van der Waals surface area (Å²) >= 11 is 0. The van der Waals surface area contributed by atoms with Gasteiger partial charge in [-0.25, -0.2) is 4.98 Å². The second-order valence-electron chi connectivity index (χ2n) is 11.6. The van der Waals surface area contributed by atoms with Gasteiger partial charge in [-0.1, -0.05) is 26.8 Å². The summed E-state index contributed by atoms with van der Waals surface area (Å²) < 4.78 is 16.5. The zero-order valence-corrected chi connectivity index (χ0v) is 24.0. The van der Waals surface area contributed by atoms with Crippen molar-refractivity contribution in [1.82, 2.24) is 20.2 Å². The number of hydrogen-bond donors (Lipinski definition) is 2. The number of likely N-dealkylation sites (tertiary alicyclic amines) is 1. The Morgan fingerprint density at radius 1 is 1.24 bits per heavy atom. The minimum atomic E-state index is -0.630. The van der Waals surface area contributed by atoms with Crippen LogP contribution in [0.4, 0.5) is 0 Å². The molecular formula is C27H41BN4O6. The maximum atomic E-state index is 13.3. The molecule has 3 heterocycles. The highest BCUT2D eigenvalue weighted by atomic mass is 16.7. The molecule has 2 amide bonds. The summed E-state index contributed by atoms with van der Waals surface area (Å²) in [6.45, 7) is 14.3. The maximum absolute atomic E-state index is 13.3. The van der Waals surface area contributed by atoms with Crippen LogP contribution in [-0.4, -0.2) is 72.3 Å². The van der Waals surface area contributed by atoms with Crippen LogP contribution in [0.25, 0.3) is 10.9 Å². The molecule has 0 bridgehead atoms. The average molecular weight is 528 g/mol. The molecule has 208 valence electrons. The van der Waals surface area contributed by atoms with Gasteiger partial charge in [-0.15, -0.1) is 0 Å². The van der Waals surface area contributed by atoms with Gasteiger partial charge in [0.2, 0.25) is 12.3 Å². The fourth-order valence-electron chi connectivity index (χ4n) is 4.81. The molecule has 2 N–H and O–H groups in total. The minimum Gasteiger partial charge on any atom is -0.399 e. The first-order valence-corrected chi connectivity index (χ1v) is 13.1. The zero-order chi connectivity index (χ0) is 28.4. The molecule has 2 fully saturated rings. The van der Waals surface area contributed by atoms with Gasteiger partial charge >= 0.3 is 7.12 Å². The summed E-state index contributed by atoms with van der Waals surface area (Å²) in [5.41, 5.74) is 0.0532. The van der Waals surface area contributed by atoms with E-state index in [0.717, 1.165) is 5.46 Å². The van der Waals surface area contributed by atoms with Gasteiger partial charge in [0.15, 0.2) is 0 Å². The van der Waals surface area contributed by atoms with E-state index in [9.17, 15) is 14.4 Å². The third kappa shape index (κ3) is 5.95. The number of methoxy groups -OCH3 is 1. The van der Waals surface area contributed by atoms with E-state index in [4.69, 9.17) is 14.3 Å². The van der Waals surface area contributed by atoms with Crippen LogP contribution < -0.4 is 16.3 Å². The molecule has 2 aliphatic rings. The molecule has 3 atom stereocenters. The number of nitrogens with one attached hydrogen (secondary N) is 2. The second-order valence-corrected chi connectivity index (χ2v) is 11.6. The van der Waals surface area contributed by atoms with Crippen molar-refractivity contribution in [2.45, 2.75) is 78.2 Å². The molecular weight excluding hydrogens is 487 g/mol. The molecule has 2 aromatic rings. The Bertz CT molecular complexity index is 1200. The SMILES string of the molecule is CC1CC(c2nc3ccc(B4OC(C)(C)C(C)(C)O4)cc3c(=O)[nH]2)N(C(=O)C(NC=O)C(C)C)C1.COC. The summed E-state index contributed by atoms with van der Waals surface area (Å²) in [6.07, 6.45) is 1.24. The van der Waals surface area contributed by atoms with E-state index in [1.807, 2.05) is 47.6 Å². The minimum absolute atomic E-state index is 0.0683. The van der Waals surface area contributed by atoms with Gasteiger partial charge in [-0.2, -0.15) is 0 Å². The van der Waals surface area contributed by atoms with Crippen LogP contribution in [-0.2, 0) is 23.6 Å². The number of nitrogens with zero attached hydrogens (tertiary/aromatic N) is 2. The van der Waals surface area contributed by atoms with Crippen LogP contribution in [0.2, 0.25) is 0 Å². The molecule has 0 radical (unpaired) electrons. The molecule has 0 spiro atoms.